The highest BCUT2D eigenvalue weighted by molar-refractivity contribution is 7.94. The van der Waals surface area contributed by atoms with Crippen LogP contribution >= 0.6 is 0 Å². The molecule has 1 aliphatic rings. The summed E-state index contributed by atoms with van der Waals surface area (Å²) in [4.78, 5) is 7.40. The molecule has 0 aliphatic carbocycles. The Bertz CT molecular complexity index is 542. The van der Waals surface area contributed by atoms with Crippen LogP contribution in [0.1, 0.15) is 5.69 Å². The van der Waals surface area contributed by atoms with Gasteiger partial charge in [0.25, 0.3) is 0 Å². The van der Waals surface area contributed by atoms with Crippen LogP contribution in [-0.4, -0.2) is 30.2 Å². The van der Waals surface area contributed by atoms with E-state index in [4.69, 9.17) is 0 Å². The lowest BCUT2D eigenvalue weighted by Crippen LogP contribution is -2.22. The van der Waals surface area contributed by atoms with Crippen molar-refractivity contribution < 1.29 is 12.8 Å². The zero-order valence-corrected chi connectivity index (χ0v) is 9.33. The Kier molecular flexibility index (Phi) is 2.63. The molecule has 16 heavy (non-hydrogen) atoms. The molecule has 1 atom stereocenters. The van der Waals surface area contributed by atoms with Crippen molar-refractivity contribution in [3.63, 3.8) is 0 Å². The molecule has 1 aromatic heterocycles. The monoisotopic (exact) mass is 243 g/mol. The Hall–Kier alpha value is -1.50. The van der Waals surface area contributed by atoms with E-state index < -0.39 is 21.7 Å². The van der Waals surface area contributed by atoms with Crippen LogP contribution in [0.5, 0.6) is 0 Å². The van der Waals surface area contributed by atoms with Gasteiger partial charge in [0.2, 0.25) is 0 Å². The first-order valence-corrected chi connectivity index (χ1v) is 6.34. The lowest BCUT2D eigenvalue weighted by Gasteiger charge is -2.11. The molecule has 0 radical (unpaired) electrons. The Balaban J connectivity index is 2.17. The van der Waals surface area contributed by atoms with Gasteiger partial charge in [-0.05, 0) is 13.0 Å². The third-order valence-electron chi connectivity index (χ3n) is 2.22. The Morgan fingerprint density at radius 1 is 1.50 bits per heavy atom. The number of rotatable bonds is 2. The second kappa shape index (κ2) is 3.82. The van der Waals surface area contributed by atoms with Gasteiger partial charge in [0, 0.05) is 5.41 Å². The van der Waals surface area contributed by atoms with E-state index in [0.717, 1.165) is 5.41 Å². The standard InChI is InChI=1S/C9H10FN3O2S/c1-6-8(10)9(12-5-11-6)13-7-2-3-16(14,15)4-7/h2-3,5,7H,4H2,1H3,(H,11,12,13). The van der Waals surface area contributed by atoms with Crippen molar-refractivity contribution >= 4 is 15.7 Å². The number of halogens is 1. The van der Waals surface area contributed by atoms with Crippen LogP contribution in [0.15, 0.2) is 17.8 Å². The molecule has 2 rings (SSSR count). The summed E-state index contributed by atoms with van der Waals surface area (Å²) in [7, 11) is -3.15. The number of hydrogen-bond acceptors (Lipinski definition) is 5. The van der Waals surface area contributed by atoms with Gasteiger partial charge in [-0.25, -0.2) is 22.8 Å². The molecule has 1 unspecified atom stereocenters. The average molecular weight is 243 g/mol. The second-order valence-electron chi connectivity index (χ2n) is 3.53. The van der Waals surface area contributed by atoms with Crippen molar-refractivity contribution in [2.45, 2.75) is 13.0 Å². The zero-order chi connectivity index (χ0) is 11.8. The summed E-state index contributed by atoms with van der Waals surface area (Å²) in [5, 5.41) is 3.84. The van der Waals surface area contributed by atoms with E-state index in [1.165, 1.54) is 19.3 Å². The van der Waals surface area contributed by atoms with Crippen molar-refractivity contribution in [2.75, 3.05) is 11.1 Å². The lowest BCUT2D eigenvalue weighted by atomic mass is 10.3. The molecule has 0 spiro atoms. The highest BCUT2D eigenvalue weighted by Crippen LogP contribution is 2.16. The average Bonchev–Trinajstić information content (AvgIpc) is 2.53. The zero-order valence-electron chi connectivity index (χ0n) is 8.51. The molecule has 7 heteroatoms. The van der Waals surface area contributed by atoms with Crippen LogP contribution in [0.4, 0.5) is 10.2 Å². The third kappa shape index (κ3) is 2.19. The van der Waals surface area contributed by atoms with Gasteiger partial charge < -0.3 is 5.32 Å². The van der Waals surface area contributed by atoms with Crippen molar-refractivity contribution in [1.29, 1.82) is 0 Å². The van der Waals surface area contributed by atoms with Crippen molar-refractivity contribution in [1.82, 2.24) is 9.97 Å². The first kappa shape index (κ1) is 11.0. The quantitative estimate of drug-likeness (QED) is 0.825. The maximum Gasteiger partial charge on any atom is 0.186 e. The minimum absolute atomic E-state index is 0.0271. The van der Waals surface area contributed by atoms with Crippen LogP contribution < -0.4 is 5.32 Å². The second-order valence-corrected chi connectivity index (χ2v) is 5.46. The fraction of sp³-hybridized carbons (Fsp3) is 0.333. The van der Waals surface area contributed by atoms with Gasteiger partial charge in [-0.15, -0.1) is 0 Å². The van der Waals surface area contributed by atoms with E-state index in [9.17, 15) is 12.8 Å². The van der Waals surface area contributed by atoms with Gasteiger partial charge in [-0.2, -0.15) is 0 Å². The van der Waals surface area contributed by atoms with Gasteiger partial charge in [-0.1, -0.05) is 0 Å². The summed E-state index contributed by atoms with van der Waals surface area (Å²) in [6.45, 7) is 1.52. The minimum atomic E-state index is -3.15. The predicted molar refractivity (Wildman–Crippen MR) is 57.1 cm³/mol. The maximum atomic E-state index is 13.5. The molecule has 0 amide bonds. The van der Waals surface area contributed by atoms with E-state index in [0.29, 0.717) is 0 Å². The molecule has 1 aliphatic heterocycles. The van der Waals surface area contributed by atoms with E-state index in [2.05, 4.69) is 15.3 Å². The van der Waals surface area contributed by atoms with Gasteiger partial charge in [0.1, 0.15) is 6.33 Å². The van der Waals surface area contributed by atoms with Crippen molar-refractivity contribution in [2.24, 2.45) is 0 Å². The predicted octanol–water partition coefficient (Wildman–Crippen LogP) is 0.647. The number of nitrogens with zero attached hydrogens (tertiary/aromatic N) is 2. The van der Waals surface area contributed by atoms with E-state index in [1.807, 2.05) is 0 Å². The number of aryl methyl sites for hydroxylation is 1. The van der Waals surface area contributed by atoms with Crippen LogP contribution in [0.25, 0.3) is 0 Å². The molecular formula is C9H10FN3O2S. The highest BCUT2D eigenvalue weighted by atomic mass is 32.2. The Labute approximate surface area is 92.3 Å². The third-order valence-corrected chi connectivity index (χ3v) is 3.61. The molecule has 86 valence electrons. The topological polar surface area (TPSA) is 72.0 Å². The van der Waals surface area contributed by atoms with Crippen LogP contribution in [0.2, 0.25) is 0 Å². The van der Waals surface area contributed by atoms with Gasteiger partial charge in [0.15, 0.2) is 21.5 Å². The number of sulfone groups is 1. The van der Waals surface area contributed by atoms with Crippen molar-refractivity contribution in [3.05, 3.63) is 29.3 Å². The summed E-state index contributed by atoms with van der Waals surface area (Å²) in [6, 6.07) is -0.436. The summed E-state index contributed by atoms with van der Waals surface area (Å²) in [5.41, 5.74) is 0.224. The molecule has 5 nitrogen and oxygen atoms in total. The fourth-order valence-electron chi connectivity index (χ4n) is 1.40. The first-order valence-electron chi connectivity index (χ1n) is 4.62. The highest BCUT2D eigenvalue weighted by Gasteiger charge is 2.22. The number of anilines is 1. The van der Waals surface area contributed by atoms with Crippen molar-refractivity contribution in [3.8, 4) is 0 Å². The summed E-state index contributed by atoms with van der Waals surface area (Å²) >= 11 is 0. The fourth-order valence-corrected chi connectivity index (χ4v) is 2.64. The molecule has 0 fully saturated rings. The smallest absolute Gasteiger partial charge is 0.186 e. The SMILES string of the molecule is Cc1ncnc(NC2C=CS(=O)(=O)C2)c1F. The molecule has 1 N–H and O–H groups in total. The number of nitrogens with one attached hydrogen (secondary N) is 1. The van der Waals surface area contributed by atoms with Crippen LogP contribution in [0.3, 0.4) is 0 Å². The summed E-state index contributed by atoms with van der Waals surface area (Å²) in [6.07, 6.45) is 2.71. The minimum Gasteiger partial charge on any atom is -0.360 e. The molecule has 2 heterocycles. The van der Waals surface area contributed by atoms with E-state index in [-0.39, 0.29) is 17.3 Å². The molecule has 0 bridgehead atoms. The van der Waals surface area contributed by atoms with Crippen LogP contribution in [0, 0.1) is 12.7 Å². The van der Waals surface area contributed by atoms with E-state index in [1.54, 1.807) is 0 Å². The molecule has 0 saturated carbocycles. The largest absolute Gasteiger partial charge is 0.360 e. The normalized spacial score (nSPS) is 22.2. The van der Waals surface area contributed by atoms with E-state index >= 15 is 0 Å². The maximum absolute atomic E-state index is 13.5. The van der Waals surface area contributed by atoms with Gasteiger partial charge >= 0.3 is 0 Å². The first-order chi connectivity index (χ1) is 7.48. The molecule has 1 aromatic rings. The molecular weight excluding hydrogens is 233 g/mol. The molecule has 0 saturated heterocycles. The van der Waals surface area contributed by atoms with Gasteiger partial charge in [-0.3, -0.25) is 0 Å². The summed E-state index contributed by atoms with van der Waals surface area (Å²) in [5.74, 6) is -0.602. The number of aromatic nitrogens is 2. The van der Waals surface area contributed by atoms with Crippen LogP contribution in [-0.2, 0) is 9.84 Å². The lowest BCUT2D eigenvalue weighted by molar-refractivity contribution is 0.599. The van der Waals surface area contributed by atoms with Gasteiger partial charge in [0.05, 0.1) is 17.5 Å². The Morgan fingerprint density at radius 2 is 2.25 bits per heavy atom. The molecule has 0 aromatic carbocycles. The Morgan fingerprint density at radius 3 is 2.88 bits per heavy atom. The number of hydrogen-bond donors (Lipinski definition) is 1. The summed E-state index contributed by atoms with van der Waals surface area (Å²) < 4.78 is 35.7.